The van der Waals surface area contributed by atoms with Gasteiger partial charge in [0.25, 0.3) is 0 Å². The van der Waals surface area contributed by atoms with E-state index >= 15 is 0 Å². The Balaban J connectivity index is 1.96. The summed E-state index contributed by atoms with van der Waals surface area (Å²) in [7, 11) is 0. The molecular formula is C15H17F2NO. The van der Waals surface area contributed by atoms with Gasteiger partial charge in [-0.3, -0.25) is 0 Å². The van der Waals surface area contributed by atoms with E-state index in [0.717, 1.165) is 37.6 Å². The van der Waals surface area contributed by atoms with Gasteiger partial charge in [-0.15, -0.1) is 0 Å². The van der Waals surface area contributed by atoms with Crippen LogP contribution in [-0.2, 0) is 0 Å². The number of nitrogens with one attached hydrogen (secondary N) is 1. The molecule has 0 saturated heterocycles. The number of benzene rings is 1. The molecule has 2 nitrogen and oxygen atoms in total. The third-order valence-electron chi connectivity index (χ3n) is 3.57. The standard InChI is InChI=1S/C15H17F2NO/c1-2-5-18-14(9-3-4-9)13-7-10-6-11(16)8-12(17)15(10)19-13/h6-9,14,18H,2-5H2,1H3. The van der Waals surface area contributed by atoms with Crippen molar-refractivity contribution < 1.29 is 13.2 Å². The minimum Gasteiger partial charge on any atom is -0.456 e. The fraction of sp³-hybridized carbons (Fsp3) is 0.467. The minimum absolute atomic E-state index is 0.120. The first-order valence-electron chi connectivity index (χ1n) is 6.81. The predicted molar refractivity (Wildman–Crippen MR) is 69.9 cm³/mol. The topological polar surface area (TPSA) is 25.2 Å². The van der Waals surface area contributed by atoms with E-state index in [1.807, 2.05) is 0 Å². The maximum atomic E-state index is 13.6. The fourth-order valence-corrected chi connectivity index (χ4v) is 2.48. The monoisotopic (exact) mass is 265 g/mol. The molecule has 0 aliphatic heterocycles. The summed E-state index contributed by atoms with van der Waals surface area (Å²) >= 11 is 0. The van der Waals surface area contributed by atoms with E-state index in [-0.39, 0.29) is 11.6 Å². The lowest BCUT2D eigenvalue weighted by molar-refractivity contribution is 0.392. The summed E-state index contributed by atoms with van der Waals surface area (Å²) in [5.41, 5.74) is 0.153. The van der Waals surface area contributed by atoms with Crippen molar-refractivity contribution in [1.82, 2.24) is 5.32 Å². The molecule has 1 aromatic heterocycles. The van der Waals surface area contributed by atoms with E-state index < -0.39 is 11.6 Å². The Morgan fingerprint density at radius 1 is 1.32 bits per heavy atom. The van der Waals surface area contributed by atoms with Gasteiger partial charge in [-0.05, 0) is 43.9 Å². The zero-order valence-electron chi connectivity index (χ0n) is 10.9. The SMILES string of the molecule is CCCNC(c1cc2cc(F)cc(F)c2o1)C1CC1. The van der Waals surface area contributed by atoms with Crippen LogP contribution in [-0.4, -0.2) is 6.54 Å². The third-order valence-corrected chi connectivity index (χ3v) is 3.57. The summed E-state index contributed by atoms with van der Waals surface area (Å²) < 4.78 is 32.4. The Bertz CT molecular complexity index is 589. The Labute approximate surface area is 110 Å². The van der Waals surface area contributed by atoms with Gasteiger partial charge < -0.3 is 9.73 Å². The van der Waals surface area contributed by atoms with Gasteiger partial charge in [0.1, 0.15) is 11.6 Å². The normalized spacial score (nSPS) is 17.0. The molecule has 1 aliphatic carbocycles. The van der Waals surface area contributed by atoms with E-state index in [4.69, 9.17) is 4.42 Å². The molecular weight excluding hydrogens is 248 g/mol. The average molecular weight is 265 g/mol. The molecule has 3 rings (SSSR count). The van der Waals surface area contributed by atoms with Gasteiger partial charge in [-0.25, -0.2) is 8.78 Å². The van der Waals surface area contributed by atoms with E-state index in [0.29, 0.717) is 11.3 Å². The van der Waals surface area contributed by atoms with Crippen LogP contribution >= 0.6 is 0 Å². The molecule has 1 aliphatic rings. The molecule has 1 heterocycles. The zero-order chi connectivity index (χ0) is 13.4. The fourth-order valence-electron chi connectivity index (χ4n) is 2.48. The molecule has 2 aromatic rings. The van der Waals surface area contributed by atoms with Crippen molar-refractivity contribution >= 4 is 11.0 Å². The van der Waals surface area contributed by atoms with Crippen LogP contribution < -0.4 is 5.32 Å². The van der Waals surface area contributed by atoms with Crippen molar-refractivity contribution in [1.29, 1.82) is 0 Å². The minimum atomic E-state index is -0.633. The van der Waals surface area contributed by atoms with Crippen molar-refractivity contribution in [2.24, 2.45) is 5.92 Å². The Kier molecular flexibility index (Phi) is 3.27. The molecule has 0 spiro atoms. The van der Waals surface area contributed by atoms with Gasteiger partial charge in [0, 0.05) is 11.5 Å². The molecule has 4 heteroatoms. The predicted octanol–water partition coefficient (Wildman–Crippen LogP) is 4.16. The van der Waals surface area contributed by atoms with Crippen LogP contribution in [0.2, 0.25) is 0 Å². The lowest BCUT2D eigenvalue weighted by atomic mass is 10.1. The van der Waals surface area contributed by atoms with Gasteiger partial charge in [0.2, 0.25) is 0 Å². The van der Waals surface area contributed by atoms with Gasteiger partial charge >= 0.3 is 0 Å². The first kappa shape index (κ1) is 12.6. The molecule has 1 saturated carbocycles. The summed E-state index contributed by atoms with van der Waals surface area (Å²) in [6.07, 6.45) is 3.36. The highest BCUT2D eigenvalue weighted by atomic mass is 19.1. The number of fused-ring (bicyclic) bond motifs is 1. The van der Waals surface area contributed by atoms with Crippen molar-refractivity contribution in [3.63, 3.8) is 0 Å². The molecule has 1 unspecified atom stereocenters. The highest BCUT2D eigenvalue weighted by Gasteiger charge is 2.34. The van der Waals surface area contributed by atoms with Crippen LogP contribution in [0.15, 0.2) is 22.6 Å². The number of rotatable bonds is 5. The number of hydrogen-bond donors (Lipinski definition) is 1. The maximum absolute atomic E-state index is 13.6. The molecule has 1 fully saturated rings. The summed E-state index contributed by atoms with van der Waals surface area (Å²) in [4.78, 5) is 0. The summed E-state index contributed by atoms with van der Waals surface area (Å²) in [6.45, 7) is 3.00. The van der Waals surface area contributed by atoms with Gasteiger partial charge in [0.05, 0.1) is 6.04 Å². The lowest BCUT2D eigenvalue weighted by Crippen LogP contribution is -2.23. The molecule has 1 N–H and O–H groups in total. The second kappa shape index (κ2) is 4.93. The van der Waals surface area contributed by atoms with Crippen molar-refractivity contribution in [2.45, 2.75) is 32.2 Å². The number of furan rings is 1. The Morgan fingerprint density at radius 2 is 2.11 bits per heavy atom. The Morgan fingerprint density at radius 3 is 2.79 bits per heavy atom. The van der Waals surface area contributed by atoms with Crippen LogP contribution in [0, 0.1) is 17.6 Å². The van der Waals surface area contributed by atoms with E-state index in [9.17, 15) is 8.78 Å². The van der Waals surface area contributed by atoms with Crippen LogP contribution in [0.3, 0.4) is 0 Å². The molecule has 102 valence electrons. The van der Waals surface area contributed by atoms with Gasteiger partial charge in [-0.2, -0.15) is 0 Å². The van der Waals surface area contributed by atoms with Gasteiger partial charge in [-0.1, -0.05) is 6.92 Å². The number of hydrogen-bond acceptors (Lipinski definition) is 2. The second-order valence-electron chi connectivity index (χ2n) is 5.22. The molecule has 0 radical (unpaired) electrons. The zero-order valence-corrected chi connectivity index (χ0v) is 10.9. The summed E-state index contributed by atoms with van der Waals surface area (Å²) in [5, 5.41) is 3.93. The molecule has 0 amide bonds. The van der Waals surface area contributed by atoms with Crippen LogP contribution in [0.4, 0.5) is 8.78 Å². The lowest BCUT2D eigenvalue weighted by Gasteiger charge is -2.14. The quantitative estimate of drug-likeness (QED) is 0.878. The molecule has 1 aromatic carbocycles. The van der Waals surface area contributed by atoms with E-state index in [1.165, 1.54) is 6.07 Å². The van der Waals surface area contributed by atoms with E-state index in [2.05, 4.69) is 12.2 Å². The number of halogens is 2. The highest BCUT2D eigenvalue weighted by molar-refractivity contribution is 5.78. The summed E-state index contributed by atoms with van der Waals surface area (Å²) in [6, 6.07) is 4.05. The smallest absolute Gasteiger partial charge is 0.170 e. The molecule has 0 bridgehead atoms. The first-order valence-corrected chi connectivity index (χ1v) is 6.81. The largest absolute Gasteiger partial charge is 0.456 e. The maximum Gasteiger partial charge on any atom is 0.170 e. The van der Waals surface area contributed by atoms with E-state index in [1.54, 1.807) is 6.07 Å². The van der Waals surface area contributed by atoms with Crippen molar-refractivity contribution in [2.75, 3.05) is 6.54 Å². The molecule has 1 atom stereocenters. The first-order chi connectivity index (χ1) is 9.19. The van der Waals surface area contributed by atoms with Crippen LogP contribution in [0.25, 0.3) is 11.0 Å². The average Bonchev–Trinajstić information content (AvgIpc) is 3.10. The third kappa shape index (κ3) is 2.50. The van der Waals surface area contributed by atoms with Crippen LogP contribution in [0.5, 0.6) is 0 Å². The second-order valence-corrected chi connectivity index (χ2v) is 5.22. The summed E-state index contributed by atoms with van der Waals surface area (Å²) in [5.74, 6) is 0.0728. The van der Waals surface area contributed by atoms with Crippen LogP contribution in [0.1, 0.15) is 38.0 Å². The van der Waals surface area contributed by atoms with Crippen molar-refractivity contribution in [3.8, 4) is 0 Å². The molecule has 19 heavy (non-hydrogen) atoms. The Hall–Kier alpha value is -1.42. The highest BCUT2D eigenvalue weighted by Crippen LogP contribution is 2.42. The van der Waals surface area contributed by atoms with Crippen molar-refractivity contribution in [3.05, 3.63) is 35.6 Å². The van der Waals surface area contributed by atoms with Gasteiger partial charge in [0.15, 0.2) is 11.4 Å².